The lowest BCUT2D eigenvalue weighted by atomic mass is 10.0. The molecule has 1 aliphatic rings. The molecule has 0 bridgehead atoms. The van der Waals surface area contributed by atoms with E-state index in [-0.39, 0.29) is 6.03 Å². The zero-order valence-electron chi connectivity index (χ0n) is 21.1. The molecular weight excluding hydrogens is 442 g/mol. The molecule has 8 heteroatoms. The molecule has 2 aromatic carbocycles. The first-order chi connectivity index (χ1) is 16.9. The van der Waals surface area contributed by atoms with Crippen LogP contribution in [0.3, 0.4) is 0 Å². The summed E-state index contributed by atoms with van der Waals surface area (Å²) in [6.07, 6.45) is 0.778. The second-order valence-electron chi connectivity index (χ2n) is 8.83. The first-order valence-electron chi connectivity index (χ1n) is 11.8. The highest BCUT2D eigenvalue weighted by molar-refractivity contribution is 5.90. The van der Waals surface area contributed by atoms with Crippen molar-refractivity contribution >= 4 is 17.5 Å². The van der Waals surface area contributed by atoms with E-state index in [1.807, 2.05) is 18.7 Å². The zero-order valence-corrected chi connectivity index (χ0v) is 21.1. The van der Waals surface area contributed by atoms with E-state index in [2.05, 4.69) is 46.4 Å². The number of nitrogens with one attached hydrogen (secondary N) is 1. The van der Waals surface area contributed by atoms with Gasteiger partial charge < -0.3 is 24.6 Å². The molecule has 1 fully saturated rings. The fraction of sp³-hybridized carbons (Fsp3) is 0.370. The summed E-state index contributed by atoms with van der Waals surface area (Å²) in [5.41, 5.74) is 5.25. The number of nitrogens with zero attached hydrogens (tertiary/aromatic N) is 4. The highest BCUT2D eigenvalue weighted by Gasteiger charge is 2.25. The predicted molar refractivity (Wildman–Crippen MR) is 138 cm³/mol. The maximum absolute atomic E-state index is 12.9. The summed E-state index contributed by atoms with van der Waals surface area (Å²) >= 11 is 0. The zero-order chi connectivity index (χ0) is 24.9. The van der Waals surface area contributed by atoms with Crippen LogP contribution in [0.15, 0.2) is 42.5 Å². The molecule has 1 aromatic heterocycles. The van der Waals surface area contributed by atoms with E-state index in [1.54, 1.807) is 32.4 Å². The number of amides is 2. The first-order valence-corrected chi connectivity index (χ1v) is 11.8. The number of benzene rings is 2. The van der Waals surface area contributed by atoms with Crippen molar-refractivity contribution in [2.45, 2.75) is 27.2 Å². The lowest BCUT2D eigenvalue weighted by Gasteiger charge is -2.36. The number of aryl methyl sites for hydroxylation is 3. The van der Waals surface area contributed by atoms with Crippen molar-refractivity contribution in [3.05, 3.63) is 70.7 Å². The molecule has 3 aromatic rings. The predicted octanol–water partition coefficient (Wildman–Crippen LogP) is 4.36. The Labute approximate surface area is 206 Å². The van der Waals surface area contributed by atoms with Crippen LogP contribution in [0.1, 0.15) is 28.2 Å². The topological polar surface area (TPSA) is 79.8 Å². The highest BCUT2D eigenvalue weighted by Crippen LogP contribution is 2.27. The van der Waals surface area contributed by atoms with Crippen molar-refractivity contribution in [3.63, 3.8) is 0 Å². The number of hydrogen-bond donors (Lipinski definition) is 1. The van der Waals surface area contributed by atoms with E-state index in [0.29, 0.717) is 43.4 Å². The molecule has 1 saturated heterocycles. The molecule has 0 spiro atoms. The van der Waals surface area contributed by atoms with Crippen molar-refractivity contribution in [1.29, 1.82) is 0 Å². The van der Waals surface area contributed by atoms with Gasteiger partial charge in [-0.3, -0.25) is 0 Å². The van der Waals surface area contributed by atoms with Gasteiger partial charge in [0.2, 0.25) is 0 Å². The molecule has 1 N–H and O–H groups in total. The standard InChI is InChI=1S/C27H33N5O3/c1-18-6-8-21(9-7-18)14-25-19(2)28-20(3)29-26(25)31-10-12-32(13-11-31)27(33)30-22-15-23(34-4)17-24(16-22)35-5/h6-9,15-17H,10-14H2,1-5H3,(H,30,33). The Morgan fingerprint density at radius 3 is 2.14 bits per heavy atom. The Kier molecular flexibility index (Phi) is 7.39. The molecule has 2 amide bonds. The highest BCUT2D eigenvalue weighted by atomic mass is 16.5. The third-order valence-electron chi connectivity index (χ3n) is 6.27. The molecule has 184 valence electrons. The summed E-state index contributed by atoms with van der Waals surface area (Å²) in [6, 6.07) is 13.8. The van der Waals surface area contributed by atoms with Crippen LogP contribution in [0.25, 0.3) is 0 Å². The SMILES string of the molecule is COc1cc(NC(=O)N2CCN(c3nc(C)nc(C)c3Cc3ccc(C)cc3)CC2)cc(OC)c1. The number of anilines is 2. The Balaban J connectivity index is 1.46. The molecule has 0 atom stereocenters. The average molecular weight is 476 g/mol. The van der Waals surface area contributed by atoms with Crippen LogP contribution in [0, 0.1) is 20.8 Å². The van der Waals surface area contributed by atoms with Crippen LogP contribution < -0.4 is 19.7 Å². The van der Waals surface area contributed by atoms with Crippen molar-refractivity contribution in [3.8, 4) is 11.5 Å². The van der Waals surface area contributed by atoms with Crippen LogP contribution in [-0.2, 0) is 6.42 Å². The Morgan fingerprint density at radius 1 is 0.914 bits per heavy atom. The molecule has 4 rings (SSSR count). The summed E-state index contributed by atoms with van der Waals surface area (Å²) in [5, 5.41) is 2.97. The quantitative estimate of drug-likeness (QED) is 0.571. The summed E-state index contributed by atoms with van der Waals surface area (Å²) in [6.45, 7) is 8.66. The van der Waals surface area contributed by atoms with E-state index >= 15 is 0 Å². The summed E-state index contributed by atoms with van der Waals surface area (Å²) in [7, 11) is 3.17. The van der Waals surface area contributed by atoms with Crippen molar-refractivity contribution in [1.82, 2.24) is 14.9 Å². The maximum atomic E-state index is 12.9. The smallest absolute Gasteiger partial charge is 0.321 e. The van der Waals surface area contributed by atoms with Crippen molar-refractivity contribution in [2.24, 2.45) is 0 Å². The first kappa shape index (κ1) is 24.3. The van der Waals surface area contributed by atoms with Gasteiger partial charge in [-0.05, 0) is 26.3 Å². The normalized spacial score (nSPS) is 13.5. The number of urea groups is 1. The lowest BCUT2D eigenvalue weighted by molar-refractivity contribution is 0.208. The molecule has 2 heterocycles. The number of rotatable bonds is 6. The fourth-order valence-corrected chi connectivity index (χ4v) is 4.30. The number of methoxy groups -OCH3 is 2. The van der Waals surface area contributed by atoms with Crippen LogP contribution >= 0.6 is 0 Å². The van der Waals surface area contributed by atoms with Gasteiger partial charge in [-0.25, -0.2) is 14.8 Å². The molecule has 8 nitrogen and oxygen atoms in total. The average Bonchev–Trinajstić information content (AvgIpc) is 2.86. The van der Waals surface area contributed by atoms with E-state index < -0.39 is 0 Å². The van der Waals surface area contributed by atoms with Gasteiger partial charge in [0, 0.05) is 67.7 Å². The third-order valence-corrected chi connectivity index (χ3v) is 6.27. The largest absolute Gasteiger partial charge is 0.497 e. The third kappa shape index (κ3) is 5.82. The summed E-state index contributed by atoms with van der Waals surface area (Å²) in [4.78, 5) is 26.5. The molecule has 1 aliphatic heterocycles. The van der Waals surface area contributed by atoms with Gasteiger partial charge in [-0.1, -0.05) is 29.8 Å². The summed E-state index contributed by atoms with van der Waals surface area (Å²) in [5.74, 6) is 2.98. The molecule has 0 radical (unpaired) electrons. The van der Waals surface area contributed by atoms with E-state index in [4.69, 9.17) is 14.5 Å². The number of carbonyl (C=O) groups excluding carboxylic acids is 1. The second kappa shape index (κ2) is 10.6. The van der Waals surface area contributed by atoms with Gasteiger partial charge in [-0.2, -0.15) is 0 Å². The Morgan fingerprint density at radius 2 is 1.54 bits per heavy atom. The number of hydrogen-bond acceptors (Lipinski definition) is 6. The van der Waals surface area contributed by atoms with Crippen LogP contribution in [-0.4, -0.2) is 61.3 Å². The van der Waals surface area contributed by atoms with Crippen molar-refractivity contribution < 1.29 is 14.3 Å². The Hall–Kier alpha value is -3.81. The van der Waals surface area contributed by atoms with Gasteiger partial charge in [0.1, 0.15) is 23.1 Å². The molecule has 35 heavy (non-hydrogen) atoms. The fourth-order valence-electron chi connectivity index (χ4n) is 4.30. The van der Waals surface area contributed by atoms with Gasteiger partial charge in [0.15, 0.2) is 0 Å². The van der Waals surface area contributed by atoms with Gasteiger partial charge in [0.25, 0.3) is 0 Å². The Bertz CT molecular complexity index is 1170. The number of ether oxygens (including phenoxy) is 2. The molecule has 0 aliphatic carbocycles. The maximum Gasteiger partial charge on any atom is 0.321 e. The molecule has 0 unspecified atom stereocenters. The van der Waals surface area contributed by atoms with Gasteiger partial charge in [0.05, 0.1) is 14.2 Å². The molecule has 0 saturated carbocycles. The lowest BCUT2D eigenvalue weighted by Crippen LogP contribution is -2.50. The number of piperazine rings is 1. The van der Waals surface area contributed by atoms with E-state index in [0.717, 1.165) is 29.3 Å². The number of carbonyl (C=O) groups is 1. The van der Waals surface area contributed by atoms with Crippen LogP contribution in [0.5, 0.6) is 11.5 Å². The van der Waals surface area contributed by atoms with E-state index in [9.17, 15) is 4.79 Å². The van der Waals surface area contributed by atoms with Gasteiger partial charge in [-0.15, -0.1) is 0 Å². The van der Waals surface area contributed by atoms with Crippen molar-refractivity contribution in [2.75, 3.05) is 50.6 Å². The number of aromatic nitrogens is 2. The minimum Gasteiger partial charge on any atom is -0.497 e. The van der Waals surface area contributed by atoms with Gasteiger partial charge >= 0.3 is 6.03 Å². The minimum atomic E-state index is -0.144. The molecular formula is C27H33N5O3. The van der Waals surface area contributed by atoms with Crippen LogP contribution in [0.2, 0.25) is 0 Å². The second-order valence-corrected chi connectivity index (χ2v) is 8.83. The summed E-state index contributed by atoms with van der Waals surface area (Å²) < 4.78 is 10.6. The van der Waals surface area contributed by atoms with Crippen LogP contribution in [0.4, 0.5) is 16.3 Å². The van der Waals surface area contributed by atoms with E-state index in [1.165, 1.54) is 11.1 Å². The minimum absolute atomic E-state index is 0.144. The monoisotopic (exact) mass is 475 g/mol.